The molecule has 1 heterocycles. The minimum absolute atomic E-state index is 0.117. The van der Waals surface area contributed by atoms with Gasteiger partial charge in [0.15, 0.2) is 6.61 Å². The number of Topliss-reactive ketones (excluding diaryl/α,β-unsaturated/α-hetero) is 1. The maximum absolute atomic E-state index is 11.6. The molecule has 7 heteroatoms. The fourth-order valence-electron chi connectivity index (χ4n) is 1.72. The highest BCUT2D eigenvalue weighted by atomic mass is 16.6. The van der Waals surface area contributed by atoms with Crippen LogP contribution in [0.3, 0.4) is 0 Å². The first kappa shape index (κ1) is 15.2. The molecular formula is C15H12N2O5. The maximum atomic E-state index is 11.6. The third-order valence-corrected chi connectivity index (χ3v) is 2.78. The van der Waals surface area contributed by atoms with Crippen LogP contribution in [0, 0.1) is 10.1 Å². The normalized spacial score (nSPS) is 10.5. The number of carbonyl (C=O) groups excluding carboxylic acids is 2. The van der Waals surface area contributed by atoms with E-state index < -0.39 is 17.5 Å². The van der Waals surface area contributed by atoms with Crippen LogP contribution in [0.4, 0.5) is 5.69 Å². The van der Waals surface area contributed by atoms with E-state index in [0.717, 1.165) is 6.08 Å². The molecule has 0 aliphatic heterocycles. The molecule has 1 aromatic carbocycles. The predicted octanol–water partition coefficient (Wildman–Crippen LogP) is 2.36. The monoisotopic (exact) mass is 300 g/mol. The lowest BCUT2D eigenvalue weighted by molar-refractivity contribution is -0.385. The van der Waals surface area contributed by atoms with Crippen LogP contribution in [0.5, 0.6) is 0 Å². The van der Waals surface area contributed by atoms with E-state index in [1.807, 2.05) is 0 Å². The molecule has 22 heavy (non-hydrogen) atoms. The molecule has 0 saturated heterocycles. The Morgan fingerprint density at radius 3 is 2.68 bits per heavy atom. The van der Waals surface area contributed by atoms with Crippen LogP contribution in [0.25, 0.3) is 6.08 Å². The number of aromatic nitrogens is 1. The summed E-state index contributed by atoms with van der Waals surface area (Å²) in [5.41, 5.74) is 0.504. The number of H-pyrrole nitrogens is 1. The van der Waals surface area contributed by atoms with E-state index in [1.54, 1.807) is 24.4 Å². The number of hydrogen-bond donors (Lipinski definition) is 1. The van der Waals surface area contributed by atoms with Crippen LogP contribution < -0.4 is 0 Å². The van der Waals surface area contributed by atoms with Gasteiger partial charge in [0.2, 0.25) is 5.78 Å². The summed E-state index contributed by atoms with van der Waals surface area (Å²) in [5.74, 6) is -1.12. The first-order chi connectivity index (χ1) is 10.6. The molecule has 0 bridgehead atoms. The highest BCUT2D eigenvalue weighted by Crippen LogP contribution is 2.18. The standard InChI is InChI=1S/C15H12N2O5/c18-14(12-5-3-9-16-12)10-22-15(19)8-7-11-4-1-2-6-13(11)17(20)21/h1-9,16H,10H2. The largest absolute Gasteiger partial charge is 0.454 e. The Morgan fingerprint density at radius 1 is 1.23 bits per heavy atom. The van der Waals surface area contributed by atoms with Crippen molar-refractivity contribution in [3.8, 4) is 0 Å². The lowest BCUT2D eigenvalue weighted by Crippen LogP contribution is -2.12. The lowest BCUT2D eigenvalue weighted by atomic mass is 10.1. The third kappa shape index (κ3) is 3.89. The number of nitrogens with zero attached hydrogens (tertiary/aromatic N) is 1. The highest BCUT2D eigenvalue weighted by molar-refractivity contribution is 5.97. The number of aromatic amines is 1. The zero-order valence-electron chi connectivity index (χ0n) is 11.4. The average molecular weight is 300 g/mol. The second kappa shape index (κ2) is 6.98. The van der Waals surface area contributed by atoms with Crippen molar-refractivity contribution in [2.24, 2.45) is 0 Å². The summed E-state index contributed by atoms with van der Waals surface area (Å²) < 4.78 is 4.78. The molecule has 0 atom stereocenters. The summed E-state index contributed by atoms with van der Waals surface area (Å²) in [6.07, 6.45) is 3.91. The lowest BCUT2D eigenvalue weighted by Gasteiger charge is -2.00. The van der Waals surface area contributed by atoms with Crippen molar-refractivity contribution >= 4 is 23.5 Å². The zero-order valence-corrected chi connectivity index (χ0v) is 11.4. The Morgan fingerprint density at radius 2 is 2.00 bits per heavy atom. The molecule has 0 spiro atoms. The van der Waals surface area contributed by atoms with Gasteiger partial charge in [-0.25, -0.2) is 4.79 Å². The SMILES string of the molecule is O=C(C=Cc1ccccc1[N+](=O)[O-])OCC(=O)c1ccc[nH]1. The molecule has 0 aliphatic carbocycles. The van der Waals surface area contributed by atoms with Gasteiger partial charge >= 0.3 is 5.97 Å². The molecule has 7 nitrogen and oxygen atoms in total. The van der Waals surface area contributed by atoms with Crippen molar-refractivity contribution < 1.29 is 19.2 Å². The van der Waals surface area contributed by atoms with E-state index in [4.69, 9.17) is 4.74 Å². The number of nitro benzene ring substituents is 1. The Labute approximate surface area is 125 Å². The fraction of sp³-hybridized carbons (Fsp3) is 0.0667. The fourth-order valence-corrected chi connectivity index (χ4v) is 1.72. The number of rotatable bonds is 6. The summed E-state index contributed by atoms with van der Waals surface area (Å²) in [7, 11) is 0. The van der Waals surface area contributed by atoms with Gasteiger partial charge in [0.1, 0.15) is 0 Å². The van der Waals surface area contributed by atoms with E-state index in [1.165, 1.54) is 24.3 Å². The van der Waals surface area contributed by atoms with Crippen LogP contribution in [0.1, 0.15) is 16.1 Å². The number of hydrogen-bond acceptors (Lipinski definition) is 5. The molecule has 0 radical (unpaired) electrons. The van der Waals surface area contributed by atoms with Gasteiger partial charge in [-0.15, -0.1) is 0 Å². The summed E-state index contributed by atoms with van der Waals surface area (Å²) in [5, 5.41) is 10.8. The summed E-state index contributed by atoms with van der Waals surface area (Å²) >= 11 is 0. The van der Waals surface area contributed by atoms with Gasteiger partial charge in [-0.3, -0.25) is 14.9 Å². The van der Waals surface area contributed by atoms with Gasteiger partial charge in [-0.1, -0.05) is 12.1 Å². The van der Waals surface area contributed by atoms with Crippen molar-refractivity contribution in [2.75, 3.05) is 6.61 Å². The van der Waals surface area contributed by atoms with Crippen LogP contribution in [0.15, 0.2) is 48.7 Å². The molecule has 0 amide bonds. The predicted molar refractivity (Wildman–Crippen MR) is 78.2 cm³/mol. The molecule has 112 valence electrons. The second-order valence-electron chi connectivity index (χ2n) is 4.26. The Hall–Kier alpha value is -3.22. The second-order valence-corrected chi connectivity index (χ2v) is 4.26. The zero-order chi connectivity index (χ0) is 15.9. The number of para-hydroxylation sites is 1. The van der Waals surface area contributed by atoms with Gasteiger partial charge in [-0.2, -0.15) is 0 Å². The van der Waals surface area contributed by atoms with Crippen LogP contribution in [0.2, 0.25) is 0 Å². The summed E-state index contributed by atoms with van der Waals surface area (Å²) in [6.45, 7) is -0.402. The molecule has 2 rings (SSSR count). The summed E-state index contributed by atoms with van der Waals surface area (Å²) in [6, 6.07) is 9.21. The van der Waals surface area contributed by atoms with Gasteiger partial charge < -0.3 is 9.72 Å². The molecule has 0 aliphatic rings. The number of ketones is 1. The van der Waals surface area contributed by atoms with Crippen LogP contribution in [-0.2, 0) is 9.53 Å². The quantitative estimate of drug-likeness (QED) is 0.290. The average Bonchev–Trinajstić information content (AvgIpc) is 3.05. The van der Waals surface area contributed by atoms with Crippen molar-refractivity contribution in [3.63, 3.8) is 0 Å². The highest BCUT2D eigenvalue weighted by Gasteiger charge is 2.11. The van der Waals surface area contributed by atoms with Gasteiger partial charge in [0, 0.05) is 18.3 Å². The Bertz CT molecular complexity index is 719. The van der Waals surface area contributed by atoms with Gasteiger partial charge in [-0.05, 0) is 24.3 Å². The Balaban J connectivity index is 1.95. The molecule has 1 N–H and O–H groups in total. The number of benzene rings is 1. The minimum atomic E-state index is -0.752. The number of ether oxygens (including phenoxy) is 1. The molecular weight excluding hydrogens is 288 g/mol. The summed E-state index contributed by atoms with van der Waals surface area (Å²) in [4.78, 5) is 36.1. The van der Waals surface area contributed by atoms with Crippen molar-refractivity contribution in [1.82, 2.24) is 4.98 Å². The first-order valence-electron chi connectivity index (χ1n) is 6.33. The van der Waals surface area contributed by atoms with Crippen molar-refractivity contribution in [1.29, 1.82) is 0 Å². The number of carbonyl (C=O) groups is 2. The van der Waals surface area contributed by atoms with E-state index in [0.29, 0.717) is 5.69 Å². The van der Waals surface area contributed by atoms with Crippen molar-refractivity contribution in [2.45, 2.75) is 0 Å². The van der Waals surface area contributed by atoms with E-state index in [2.05, 4.69) is 4.98 Å². The smallest absolute Gasteiger partial charge is 0.331 e. The molecule has 0 fully saturated rings. The van der Waals surface area contributed by atoms with Crippen molar-refractivity contribution in [3.05, 3.63) is 70.0 Å². The molecule has 1 aromatic heterocycles. The maximum Gasteiger partial charge on any atom is 0.331 e. The van der Waals surface area contributed by atoms with Gasteiger partial charge in [0.05, 0.1) is 16.2 Å². The third-order valence-electron chi connectivity index (χ3n) is 2.78. The number of nitrogens with one attached hydrogen (secondary N) is 1. The molecule has 2 aromatic rings. The van der Waals surface area contributed by atoms with Gasteiger partial charge in [0.25, 0.3) is 5.69 Å². The first-order valence-corrected chi connectivity index (χ1v) is 6.33. The number of esters is 1. The Kier molecular flexibility index (Phi) is 4.81. The van der Waals surface area contributed by atoms with Crippen LogP contribution in [-0.4, -0.2) is 28.3 Å². The number of nitro groups is 1. The van der Waals surface area contributed by atoms with E-state index in [-0.39, 0.29) is 17.0 Å². The minimum Gasteiger partial charge on any atom is -0.454 e. The molecule has 0 unspecified atom stereocenters. The molecule has 0 saturated carbocycles. The van der Waals surface area contributed by atoms with E-state index >= 15 is 0 Å². The topological polar surface area (TPSA) is 102 Å². The van der Waals surface area contributed by atoms with E-state index in [9.17, 15) is 19.7 Å². The van der Waals surface area contributed by atoms with Crippen LogP contribution >= 0.6 is 0 Å².